The van der Waals surface area contributed by atoms with Crippen molar-refractivity contribution in [2.45, 2.75) is 48.1 Å². The van der Waals surface area contributed by atoms with Gasteiger partial charge in [-0.2, -0.15) is 0 Å². The van der Waals surface area contributed by atoms with E-state index >= 15 is 0 Å². The molecule has 8 heteroatoms. The number of ether oxygens (including phenoxy) is 1. The number of hydrogen-bond acceptors (Lipinski definition) is 6. The lowest BCUT2D eigenvalue weighted by atomic mass is 9.96. The molecule has 0 bridgehead atoms. The standard InChI is InChI=1S/C25H29ClNO4PS/c1-25(27,18-32(28,29)30)14-6-9-20-12-13-23(16-24(20)26)33-22-11-5-10-21(15-22)31-17-19-7-3-2-4-8-19/h2-5,7-8,10-13,15-16H,6,9,14,17-18,27H2,1H3,(H2,28,29,30)/p-2. The summed E-state index contributed by atoms with van der Waals surface area (Å²) >= 11 is 8.08. The SMILES string of the molecule is CC(N)(CCCc1ccc(Sc2cccc(OCc3ccccc3)c2)cc1Cl)CP(=O)([O-])[O-]. The molecule has 3 aromatic carbocycles. The third kappa shape index (κ3) is 9.17. The van der Waals surface area contributed by atoms with Gasteiger partial charge in [0.1, 0.15) is 12.4 Å². The Morgan fingerprint density at radius 1 is 1.03 bits per heavy atom. The monoisotopic (exact) mass is 503 g/mol. The molecule has 0 fully saturated rings. The fourth-order valence-electron chi connectivity index (χ4n) is 3.50. The first kappa shape index (κ1) is 25.8. The molecule has 0 aromatic heterocycles. The summed E-state index contributed by atoms with van der Waals surface area (Å²) in [5.74, 6) is 0.803. The molecule has 1 unspecified atom stereocenters. The lowest BCUT2D eigenvalue weighted by molar-refractivity contribution is -0.314. The van der Waals surface area contributed by atoms with Crippen LogP contribution in [0.5, 0.6) is 5.75 Å². The normalized spacial score (nSPS) is 13.5. The van der Waals surface area contributed by atoms with Crippen LogP contribution in [0, 0.1) is 0 Å². The maximum absolute atomic E-state index is 11.0. The first-order chi connectivity index (χ1) is 15.6. The van der Waals surface area contributed by atoms with Crippen LogP contribution in [0.15, 0.2) is 82.6 Å². The summed E-state index contributed by atoms with van der Waals surface area (Å²) in [4.78, 5) is 24.1. The number of halogens is 1. The number of benzene rings is 3. The fourth-order valence-corrected chi connectivity index (χ4v) is 5.79. The van der Waals surface area contributed by atoms with Gasteiger partial charge in [-0.15, -0.1) is 0 Å². The molecule has 0 amide bonds. The van der Waals surface area contributed by atoms with Gasteiger partial charge in [0.05, 0.1) is 0 Å². The largest absolute Gasteiger partial charge is 0.811 e. The zero-order valence-corrected chi connectivity index (χ0v) is 20.9. The molecule has 0 aliphatic heterocycles. The van der Waals surface area contributed by atoms with Gasteiger partial charge in [0.25, 0.3) is 0 Å². The van der Waals surface area contributed by atoms with E-state index in [2.05, 4.69) is 0 Å². The third-order valence-electron chi connectivity index (χ3n) is 5.06. The summed E-state index contributed by atoms with van der Waals surface area (Å²) in [7, 11) is -4.64. The smallest absolute Gasteiger partial charge is 0.120 e. The molecule has 0 saturated heterocycles. The summed E-state index contributed by atoms with van der Waals surface area (Å²) in [5, 5.41) is 0.647. The lowest BCUT2D eigenvalue weighted by Gasteiger charge is -2.37. The van der Waals surface area contributed by atoms with E-state index < -0.39 is 19.3 Å². The highest BCUT2D eigenvalue weighted by molar-refractivity contribution is 7.99. The minimum atomic E-state index is -4.64. The molecule has 3 aromatic rings. The third-order valence-corrected chi connectivity index (χ3v) is 7.50. The van der Waals surface area contributed by atoms with Gasteiger partial charge in [0.15, 0.2) is 0 Å². The van der Waals surface area contributed by atoms with Crippen molar-refractivity contribution in [2.24, 2.45) is 5.73 Å². The molecule has 2 N–H and O–H groups in total. The Morgan fingerprint density at radius 2 is 1.76 bits per heavy atom. The van der Waals surface area contributed by atoms with Crippen LogP contribution in [0.2, 0.25) is 5.02 Å². The Morgan fingerprint density at radius 3 is 2.45 bits per heavy atom. The molecule has 0 saturated carbocycles. The zero-order valence-electron chi connectivity index (χ0n) is 18.4. The molecular formula is C25H27ClNO4PS-2. The van der Waals surface area contributed by atoms with Gasteiger partial charge in [-0.3, -0.25) is 0 Å². The van der Waals surface area contributed by atoms with E-state index in [0.29, 0.717) is 30.9 Å². The zero-order chi connectivity index (χ0) is 23.9. The van der Waals surface area contributed by atoms with Crippen LogP contribution in [0.4, 0.5) is 0 Å². The summed E-state index contributed by atoms with van der Waals surface area (Å²) in [5.41, 5.74) is 7.01. The predicted octanol–water partition coefficient (Wildman–Crippen LogP) is 5.02. The second-order valence-corrected chi connectivity index (χ2v) is 11.5. The van der Waals surface area contributed by atoms with E-state index in [1.807, 2.05) is 72.8 Å². The van der Waals surface area contributed by atoms with E-state index in [4.69, 9.17) is 22.1 Å². The van der Waals surface area contributed by atoms with E-state index in [9.17, 15) is 14.4 Å². The van der Waals surface area contributed by atoms with Gasteiger partial charge >= 0.3 is 0 Å². The molecule has 3 rings (SSSR count). The summed E-state index contributed by atoms with van der Waals surface area (Å²) in [6.07, 6.45) is 1.17. The Balaban J connectivity index is 1.55. The number of hydrogen-bond donors (Lipinski definition) is 1. The van der Waals surface area contributed by atoms with Crippen molar-refractivity contribution in [3.05, 3.63) is 88.9 Å². The average Bonchev–Trinajstić information content (AvgIpc) is 2.73. The highest BCUT2D eigenvalue weighted by Crippen LogP contribution is 2.34. The first-order valence-electron chi connectivity index (χ1n) is 10.6. The minimum absolute atomic E-state index is 0.421. The summed E-state index contributed by atoms with van der Waals surface area (Å²) in [6, 6.07) is 23.8. The van der Waals surface area contributed by atoms with Crippen molar-refractivity contribution in [1.82, 2.24) is 0 Å². The Labute approximate surface area is 204 Å². The molecular weight excluding hydrogens is 477 g/mol. The van der Waals surface area contributed by atoms with Crippen LogP contribution in [0.25, 0.3) is 0 Å². The molecule has 176 valence electrons. The van der Waals surface area contributed by atoms with Crippen LogP contribution in [0.1, 0.15) is 30.9 Å². The number of rotatable bonds is 11. The predicted molar refractivity (Wildman–Crippen MR) is 131 cm³/mol. The van der Waals surface area contributed by atoms with E-state index in [-0.39, 0.29) is 0 Å². The average molecular weight is 504 g/mol. The first-order valence-corrected chi connectivity index (χ1v) is 13.5. The van der Waals surface area contributed by atoms with Crippen molar-refractivity contribution in [3.8, 4) is 5.75 Å². The second-order valence-electron chi connectivity index (χ2n) is 8.38. The van der Waals surface area contributed by atoms with Crippen LogP contribution in [-0.4, -0.2) is 11.7 Å². The fraction of sp³-hybridized carbons (Fsp3) is 0.280. The minimum Gasteiger partial charge on any atom is -0.811 e. The van der Waals surface area contributed by atoms with Crippen molar-refractivity contribution >= 4 is 31.0 Å². The Kier molecular flexibility index (Phi) is 9.05. The number of aryl methyl sites for hydroxylation is 1. The van der Waals surface area contributed by atoms with E-state index in [0.717, 1.165) is 26.7 Å². The van der Waals surface area contributed by atoms with Gasteiger partial charge in [-0.25, -0.2) is 0 Å². The van der Waals surface area contributed by atoms with E-state index in [1.54, 1.807) is 18.7 Å². The highest BCUT2D eigenvalue weighted by Gasteiger charge is 2.19. The lowest BCUT2D eigenvalue weighted by Crippen LogP contribution is -2.43. The number of nitrogens with two attached hydrogens (primary N) is 1. The van der Waals surface area contributed by atoms with Crippen molar-refractivity contribution in [1.29, 1.82) is 0 Å². The van der Waals surface area contributed by atoms with Gasteiger partial charge in [0, 0.05) is 20.4 Å². The highest BCUT2D eigenvalue weighted by atomic mass is 35.5. The van der Waals surface area contributed by atoms with Gasteiger partial charge in [-0.1, -0.05) is 73.4 Å². The van der Waals surface area contributed by atoms with Crippen LogP contribution < -0.4 is 20.3 Å². The molecule has 33 heavy (non-hydrogen) atoms. The summed E-state index contributed by atoms with van der Waals surface area (Å²) < 4.78 is 16.9. The molecule has 0 radical (unpaired) electrons. The summed E-state index contributed by atoms with van der Waals surface area (Å²) in [6.45, 7) is 2.10. The molecule has 1 atom stereocenters. The molecule has 0 heterocycles. The van der Waals surface area contributed by atoms with Crippen molar-refractivity contribution in [3.63, 3.8) is 0 Å². The second kappa shape index (κ2) is 11.6. The maximum atomic E-state index is 11.0. The van der Waals surface area contributed by atoms with Crippen LogP contribution in [0.3, 0.4) is 0 Å². The maximum Gasteiger partial charge on any atom is 0.120 e. The van der Waals surface area contributed by atoms with Crippen LogP contribution >= 0.6 is 31.0 Å². The molecule has 0 aliphatic carbocycles. The van der Waals surface area contributed by atoms with Crippen molar-refractivity contribution < 1.29 is 19.1 Å². The topological polar surface area (TPSA) is 98.4 Å². The van der Waals surface area contributed by atoms with Gasteiger partial charge < -0.3 is 24.8 Å². The molecule has 5 nitrogen and oxygen atoms in total. The quantitative estimate of drug-likeness (QED) is 0.369. The molecule has 0 aliphatic rings. The van der Waals surface area contributed by atoms with Crippen LogP contribution in [-0.2, 0) is 17.6 Å². The Bertz CT molecular complexity index is 1100. The van der Waals surface area contributed by atoms with E-state index in [1.165, 1.54) is 0 Å². The van der Waals surface area contributed by atoms with Gasteiger partial charge in [-0.05, 0) is 73.8 Å². The van der Waals surface area contributed by atoms with Gasteiger partial charge in [0.2, 0.25) is 0 Å². The van der Waals surface area contributed by atoms with Crippen molar-refractivity contribution in [2.75, 3.05) is 6.16 Å². The molecule has 0 spiro atoms. The Hall–Kier alpha value is -1.79.